The van der Waals surface area contributed by atoms with Gasteiger partial charge in [-0.2, -0.15) is 0 Å². The highest BCUT2D eigenvalue weighted by molar-refractivity contribution is 5.86. The Hall–Kier alpha value is -2.36. The van der Waals surface area contributed by atoms with E-state index in [9.17, 15) is 24.3 Å². The lowest BCUT2D eigenvalue weighted by Gasteiger charge is -2.30. The average Bonchev–Trinajstić information content (AvgIpc) is 2.66. The number of carbonyl (C=O) groups is 4. The molecule has 1 aliphatic rings. The molecule has 0 aromatic carbocycles. The van der Waals surface area contributed by atoms with Gasteiger partial charge in [-0.3, -0.25) is 9.59 Å². The molecule has 0 spiro atoms. The maximum atomic E-state index is 12.6. The lowest BCUT2D eigenvalue weighted by Crippen LogP contribution is -2.52. The molecule has 0 bridgehead atoms. The molecule has 0 radical (unpaired) electrons. The zero-order valence-corrected chi connectivity index (χ0v) is 19.9. The maximum Gasteiger partial charge on any atom is 0.408 e. The van der Waals surface area contributed by atoms with Gasteiger partial charge in [-0.15, -0.1) is 0 Å². The molecule has 0 aromatic heterocycles. The largest absolute Gasteiger partial charge is 0.480 e. The van der Waals surface area contributed by atoms with Crippen molar-refractivity contribution in [2.45, 2.75) is 91.0 Å². The second-order valence-corrected chi connectivity index (χ2v) is 9.90. The number of carbonyl (C=O) groups excluding carboxylic acids is 3. The summed E-state index contributed by atoms with van der Waals surface area (Å²) in [6, 6.07) is -2.05. The van der Waals surface area contributed by atoms with Crippen molar-refractivity contribution in [3.63, 3.8) is 0 Å². The first-order chi connectivity index (χ1) is 14.7. The highest BCUT2D eigenvalue weighted by Crippen LogP contribution is 2.28. The zero-order valence-electron chi connectivity index (χ0n) is 19.9. The number of carboxylic acids is 1. The predicted molar refractivity (Wildman–Crippen MR) is 118 cm³/mol. The van der Waals surface area contributed by atoms with Crippen molar-refractivity contribution in [1.82, 2.24) is 16.0 Å². The average molecular weight is 458 g/mol. The van der Waals surface area contributed by atoms with E-state index in [0.29, 0.717) is 32.2 Å². The van der Waals surface area contributed by atoms with Gasteiger partial charge >= 0.3 is 12.1 Å². The highest BCUT2D eigenvalue weighted by atomic mass is 16.6. The number of rotatable bonds is 9. The molecule has 0 aromatic rings. The summed E-state index contributed by atoms with van der Waals surface area (Å²) in [6.07, 6.45) is 0.721. The summed E-state index contributed by atoms with van der Waals surface area (Å²) < 4.78 is 5.23. The summed E-state index contributed by atoms with van der Waals surface area (Å²) in [4.78, 5) is 48.2. The van der Waals surface area contributed by atoms with Gasteiger partial charge in [-0.05, 0) is 65.2 Å². The van der Waals surface area contributed by atoms with Crippen LogP contribution >= 0.6 is 0 Å². The number of nitrogens with one attached hydrogen (secondary N) is 3. The number of hydrogen-bond acceptors (Lipinski definition) is 6. The molecule has 1 fully saturated rings. The van der Waals surface area contributed by atoms with Gasteiger partial charge in [0.1, 0.15) is 11.6 Å². The van der Waals surface area contributed by atoms with E-state index in [4.69, 9.17) is 9.84 Å². The van der Waals surface area contributed by atoms with Crippen LogP contribution in [0.3, 0.4) is 0 Å². The topological polar surface area (TPSA) is 154 Å². The number of carboxylic acid groups (broad SMARTS) is 1. The van der Waals surface area contributed by atoms with Crippen LogP contribution in [0.15, 0.2) is 0 Å². The lowest BCUT2D eigenvalue weighted by molar-refractivity contribution is -0.145. The van der Waals surface area contributed by atoms with Crippen LogP contribution in [0.4, 0.5) is 4.79 Å². The maximum absolute atomic E-state index is 12.6. The lowest BCUT2D eigenvalue weighted by atomic mass is 9.81. The second kappa shape index (κ2) is 12.0. The predicted octanol–water partition coefficient (Wildman–Crippen LogP) is 1.41. The van der Waals surface area contributed by atoms with E-state index in [1.165, 1.54) is 6.92 Å². The van der Waals surface area contributed by atoms with Gasteiger partial charge in [-0.1, -0.05) is 13.8 Å². The smallest absolute Gasteiger partial charge is 0.408 e. The second-order valence-electron chi connectivity index (χ2n) is 9.90. The Kier molecular flexibility index (Phi) is 10.4. The number of amides is 3. The molecule has 5 N–H and O–H groups in total. The summed E-state index contributed by atoms with van der Waals surface area (Å²) >= 11 is 0. The molecule has 32 heavy (non-hydrogen) atoms. The SMILES string of the molecule is CC(C)[C@H](NC(=O)OC(C)(C)C)C(=O)NCC1CCC(C(=O)N[C@H](C(=O)O)[C@H](C)O)CC1. The summed E-state index contributed by atoms with van der Waals surface area (Å²) in [7, 11) is 0. The molecule has 3 amide bonds. The van der Waals surface area contributed by atoms with Crippen LogP contribution < -0.4 is 16.0 Å². The Balaban J connectivity index is 2.50. The van der Waals surface area contributed by atoms with E-state index in [2.05, 4.69) is 16.0 Å². The fraction of sp³-hybridized carbons (Fsp3) is 0.818. The minimum absolute atomic E-state index is 0.127. The van der Waals surface area contributed by atoms with Crippen LogP contribution in [0.25, 0.3) is 0 Å². The number of aliphatic hydroxyl groups is 1. The van der Waals surface area contributed by atoms with Crippen molar-refractivity contribution >= 4 is 23.9 Å². The molecule has 1 rings (SSSR count). The molecule has 0 saturated heterocycles. The van der Waals surface area contributed by atoms with Crippen LogP contribution in [0.1, 0.15) is 67.2 Å². The van der Waals surface area contributed by atoms with E-state index in [0.717, 1.165) is 0 Å². The van der Waals surface area contributed by atoms with Crippen molar-refractivity contribution in [2.24, 2.45) is 17.8 Å². The van der Waals surface area contributed by atoms with E-state index in [1.54, 1.807) is 20.8 Å². The van der Waals surface area contributed by atoms with Gasteiger partial charge in [0.25, 0.3) is 0 Å². The minimum atomic E-state index is -1.33. The first-order valence-electron chi connectivity index (χ1n) is 11.2. The molecule has 184 valence electrons. The summed E-state index contributed by atoms with van der Waals surface area (Å²) in [5.41, 5.74) is -0.660. The number of ether oxygens (including phenoxy) is 1. The van der Waals surface area contributed by atoms with Gasteiger partial charge in [0, 0.05) is 12.5 Å². The van der Waals surface area contributed by atoms with E-state index in [-0.39, 0.29) is 29.6 Å². The van der Waals surface area contributed by atoms with Gasteiger partial charge in [0.2, 0.25) is 11.8 Å². The van der Waals surface area contributed by atoms with E-state index in [1.807, 2.05) is 13.8 Å². The number of aliphatic hydroxyl groups excluding tert-OH is 1. The first kappa shape index (κ1) is 27.7. The molecule has 10 nitrogen and oxygen atoms in total. The summed E-state index contributed by atoms with van der Waals surface area (Å²) in [5, 5.41) is 26.5. The van der Waals surface area contributed by atoms with Crippen LogP contribution in [0.5, 0.6) is 0 Å². The van der Waals surface area contributed by atoms with Crippen molar-refractivity contribution < 1.29 is 34.1 Å². The summed E-state index contributed by atoms with van der Waals surface area (Å²) in [6.45, 7) is 10.7. The van der Waals surface area contributed by atoms with Gasteiger partial charge in [0.15, 0.2) is 6.04 Å². The Morgan fingerprint density at radius 3 is 1.97 bits per heavy atom. The first-order valence-corrected chi connectivity index (χ1v) is 11.2. The van der Waals surface area contributed by atoms with Crippen LogP contribution in [0, 0.1) is 17.8 Å². The van der Waals surface area contributed by atoms with Gasteiger partial charge in [0.05, 0.1) is 6.10 Å². The van der Waals surface area contributed by atoms with Gasteiger partial charge in [-0.25, -0.2) is 9.59 Å². The number of alkyl carbamates (subject to hydrolysis) is 1. The third-order valence-electron chi connectivity index (χ3n) is 5.45. The van der Waals surface area contributed by atoms with Crippen molar-refractivity contribution in [3.05, 3.63) is 0 Å². The zero-order chi connectivity index (χ0) is 24.6. The Labute approximate surface area is 189 Å². The Morgan fingerprint density at radius 2 is 1.53 bits per heavy atom. The number of hydrogen-bond donors (Lipinski definition) is 5. The molecule has 0 heterocycles. The van der Waals surface area contributed by atoms with E-state index < -0.39 is 35.9 Å². The molecule has 0 aliphatic heterocycles. The van der Waals surface area contributed by atoms with Gasteiger partial charge < -0.3 is 30.9 Å². The Morgan fingerprint density at radius 1 is 0.969 bits per heavy atom. The minimum Gasteiger partial charge on any atom is -0.480 e. The third-order valence-corrected chi connectivity index (χ3v) is 5.45. The molecular weight excluding hydrogens is 418 g/mol. The molecular formula is C22H39N3O7. The third kappa shape index (κ3) is 9.42. The molecule has 1 aliphatic carbocycles. The summed E-state index contributed by atoms with van der Waals surface area (Å²) in [5.74, 6) is -2.19. The van der Waals surface area contributed by atoms with Crippen molar-refractivity contribution in [1.29, 1.82) is 0 Å². The fourth-order valence-electron chi connectivity index (χ4n) is 3.61. The van der Waals surface area contributed by atoms with Crippen LogP contribution in [-0.4, -0.2) is 64.4 Å². The highest BCUT2D eigenvalue weighted by Gasteiger charge is 2.32. The quantitative estimate of drug-likeness (QED) is 0.351. The van der Waals surface area contributed by atoms with Crippen molar-refractivity contribution in [2.75, 3.05) is 6.54 Å². The van der Waals surface area contributed by atoms with Crippen molar-refractivity contribution in [3.8, 4) is 0 Å². The van der Waals surface area contributed by atoms with E-state index >= 15 is 0 Å². The standard InChI is InChI=1S/C22H39N3O7/c1-12(2)16(25-21(31)32-22(4,5)6)19(28)23-11-14-7-9-15(10-8-14)18(27)24-17(13(3)26)20(29)30/h12-17,26H,7-11H2,1-6H3,(H,23,28)(H,24,27)(H,25,31)(H,29,30)/t13-,14?,15?,16-,17-/m0/s1. The number of aliphatic carboxylic acids is 1. The Bertz CT molecular complexity index is 665. The molecule has 3 atom stereocenters. The van der Waals surface area contributed by atoms with Crippen LogP contribution in [-0.2, 0) is 19.1 Å². The normalized spacial score (nSPS) is 21.8. The van der Waals surface area contributed by atoms with Crippen LogP contribution in [0.2, 0.25) is 0 Å². The monoisotopic (exact) mass is 457 g/mol. The molecule has 1 saturated carbocycles. The fourth-order valence-corrected chi connectivity index (χ4v) is 3.61. The molecule has 0 unspecified atom stereocenters. The molecule has 10 heteroatoms.